The lowest BCUT2D eigenvalue weighted by Crippen LogP contribution is -2.47. The fourth-order valence-corrected chi connectivity index (χ4v) is 4.94. The zero-order valence-electron chi connectivity index (χ0n) is 20.1. The molecule has 1 aliphatic rings. The van der Waals surface area contributed by atoms with Gasteiger partial charge in [-0.3, -0.25) is 4.90 Å². The zero-order valence-corrected chi connectivity index (χ0v) is 21.0. The second-order valence-electron chi connectivity index (χ2n) is 8.77. The fourth-order valence-electron chi connectivity index (χ4n) is 4.04. The lowest BCUT2D eigenvalue weighted by molar-refractivity contribution is 0.138. The van der Waals surface area contributed by atoms with Crippen LogP contribution in [0.25, 0.3) is 11.5 Å². The van der Waals surface area contributed by atoms with E-state index in [9.17, 15) is 0 Å². The predicted molar refractivity (Wildman–Crippen MR) is 138 cm³/mol. The molecule has 33 heavy (non-hydrogen) atoms. The summed E-state index contributed by atoms with van der Waals surface area (Å²) in [4.78, 5) is 11.1. The summed E-state index contributed by atoms with van der Waals surface area (Å²) < 4.78 is 5.98. The monoisotopic (exact) mass is 464 g/mol. The first-order chi connectivity index (χ1) is 16.1. The molecule has 2 aromatic carbocycles. The van der Waals surface area contributed by atoms with Crippen LogP contribution in [0.2, 0.25) is 0 Å². The molecular weight excluding hydrogens is 428 g/mol. The van der Waals surface area contributed by atoms with Crippen molar-refractivity contribution in [3.63, 3.8) is 0 Å². The van der Waals surface area contributed by atoms with Gasteiger partial charge in [0.05, 0.1) is 5.69 Å². The molecule has 0 atom stereocenters. The van der Waals surface area contributed by atoms with Gasteiger partial charge in [-0.2, -0.15) is 0 Å². The van der Waals surface area contributed by atoms with Crippen LogP contribution in [0.15, 0.2) is 57.8 Å². The molecule has 1 aromatic heterocycles. The van der Waals surface area contributed by atoms with Crippen LogP contribution in [0.4, 0.5) is 0 Å². The molecule has 6 heteroatoms. The molecule has 1 N–H and O–H groups in total. The second-order valence-corrected chi connectivity index (χ2v) is 9.82. The van der Waals surface area contributed by atoms with Crippen molar-refractivity contribution in [2.24, 2.45) is 0 Å². The van der Waals surface area contributed by atoms with Crippen LogP contribution >= 0.6 is 11.8 Å². The highest BCUT2D eigenvalue weighted by Crippen LogP contribution is 2.28. The van der Waals surface area contributed by atoms with Crippen LogP contribution < -0.4 is 5.32 Å². The molecule has 0 aliphatic carbocycles. The van der Waals surface area contributed by atoms with Crippen LogP contribution in [-0.4, -0.2) is 60.6 Å². The maximum Gasteiger partial charge on any atom is 0.226 e. The minimum atomic E-state index is 0.706. The number of hydrogen-bond acceptors (Lipinski definition) is 6. The Hall–Kier alpha value is -2.12. The molecular formula is C27H36N4OS. The van der Waals surface area contributed by atoms with E-state index < -0.39 is 0 Å². The van der Waals surface area contributed by atoms with Crippen molar-refractivity contribution < 1.29 is 4.42 Å². The smallest absolute Gasteiger partial charge is 0.226 e. The summed E-state index contributed by atoms with van der Waals surface area (Å²) >= 11 is 1.79. The van der Waals surface area contributed by atoms with Gasteiger partial charge in [-0.1, -0.05) is 36.8 Å². The average molecular weight is 465 g/mol. The largest absolute Gasteiger partial charge is 0.441 e. The molecule has 1 aliphatic heterocycles. The van der Waals surface area contributed by atoms with E-state index in [-0.39, 0.29) is 0 Å². The molecule has 0 amide bonds. The summed E-state index contributed by atoms with van der Waals surface area (Å²) in [7, 11) is 0. The van der Waals surface area contributed by atoms with E-state index in [0.29, 0.717) is 5.89 Å². The highest BCUT2D eigenvalue weighted by atomic mass is 32.2. The minimum Gasteiger partial charge on any atom is -0.441 e. The molecule has 1 saturated heterocycles. The Balaban J connectivity index is 1.23. The zero-order chi connectivity index (χ0) is 23.0. The third-order valence-electron chi connectivity index (χ3n) is 6.34. The highest BCUT2D eigenvalue weighted by molar-refractivity contribution is 7.98. The summed E-state index contributed by atoms with van der Waals surface area (Å²) in [6.07, 6.45) is 0. The number of thioether (sulfide) groups is 1. The third-order valence-corrected chi connectivity index (χ3v) is 7.36. The Bertz CT molecular complexity index is 992. The topological polar surface area (TPSA) is 44.5 Å². The van der Waals surface area contributed by atoms with Crippen molar-refractivity contribution in [2.75, 3.05) is 45.8 Å². The minimum absolute atomic E-state index is 0.706. The lowest BCUT2D eigenvalue weighted by atomic mass is 10.1. The molecule has 0 unspecified atom stereocenters. The second kappa shape index (κ2) is 11.8. The molecule has 2 heterocycles. The van der Waals surface area contributed by atoms with Crippen LogP contribution in [0.3, 0.4) is 0 Å². The molecule has 0 bridgehead atoms. The normalized spacial score (nSPS) is 15.2. The van der Waals surface area contributed by atoms with E-state index in [2.05, 4.69) is 77.5 Å². The molecule has 176 valence electrons. The van der Waals surface area contributed by atoms with Gasteiger partial charge in [-0.05, 0) is 50.2 Å². The number of benzene rings is 2. The number of hydrogen-bond donors (Lipinski definition) is 1. The van der Waals surface area contributed by atoms with E-state index in [4.69, 9.17) is 9.40 Å². The van der Waals surface area contributed by atoms with E-state index in [1.165, 1.54) is 48.7 Å². The van der Waals surface area contributed by atoms with Crippen molar-refractivity contribution in [1.82, 2.24) is 20.1 Å². The Kier molecular flexibility index (Phi) is 8.62. The molecule has 3 aromatic rings. The standard InChI is InChI=1S/C27H36N4OS/c1-4-30-15-17-31(18-16-30)14-13-28-19-23-7-9-24(10-8-23)27-29-26(22(3)32-27)20-33-25-11-5-21(2)6-12-25/h5-12,28H,4,13-20H2,1-3H3. The quantitative estimate of drug-likeness (QED) is 0.337. The Labute approximate surface area is 202 Å². The maximum absolute atomic E-state index is 5.98. The number of nitrogens with one attached hydrogen (secondary N) is 1. The number of nitrogens with zero attached hydrogens (tertiary/aromatic N) is 3. The third kappa shape index (κ3) is 6.93. The van der Waals surface area contributed by atoms with Gasteiger partial charge in [-0.25, -0.2) is 4.98 Å². The van der Waals surface area contributed by atoms with Gasteiger partial charge in [0, 0.05) is 62.0 Å². The molecule has 0 saturated carbocycles. The van der Waals surface area contributed by atoms with E-state index in [0.717, 1.165) is 42.4 Å². The van der Waals surface area contributed by atoms with E-state index >= 15 is 0 Å². The fraction of sp³-hybridized carbons (Fsp3) is 0.444. The number of oxazole rings is 1. The van der Waals surface area contributed by atoms with E-state index in [1.807, 2.05) is 6.92 Å². The average Bonchev–Trinajstić information content (AvgIpc) is 3.22. The van der Waals surface area contributed by atoms with Crippen molar-refractivity contribution in [3.05, 3.63) is 71.1 Å². The molecule has 0 spiro atoms. The van der Waals surface area contributed by atoms with Gasteiger partial charge in [0.1, 0.15) is 5.76 Å². The van der Waals surface area contributed by atoms with Gasteiger partial charge in [-0.15, -0.1) is 11.8 Å². The van der Waals surface area contributed by atoms with Crippen molar-refractivity contribution in [2.45, 2.75) is 38.0 Å². The summed E-state index contributed by atoms with van der Waals surface area (Å²) in [6.45, 7) is 15.3. The van der Waals surface area contributed by atoms with Gasteiger partial charge in [0.2, 0.25) is 5.89 Å². The summed E-state index contributed by atoms with van der Waals surface area (Å²) in [5.74, 6) is 2.42. The molecule has 4 rings (SSSR count). The number of rotatable bonds is 10. The van der Waals surface area contributed by atoms with E-state index in [1.54, 1.807) is 11.8 Å². The first kappa shape index (κ1) is 24.0. The molecule has 5 nitrogen and oxygen atoms in total. The van der Waals surface area contributed by atoms with Crippen molar-refractivity contribution in [1.29, 1.82) is 0 Å². The van der Waals surface area contributed by atoms with Crippen LogP contribution in [0.1, 0.15) is 29.5 Å². The Morgan fingerprint density at radius 1 is 0.939 bits per heavy atom. The maximum atomic E-state index is 5.98. The summed E-state index contributed by atoms with van der Waals surface area (Å²) in [5, 5.41) is 3.59. The SMILES string of the molecule is CCN1CCN(CCNCc2ccc(-c3nc(CSc4ccc(C)cc4)c(C)o3)cc2)CC1. The summed E-state index contributed by atoms with van der Waals surface area (Å²) in [6, 6.07) is 17.2. The van der Waals surface area contributed by atoms with Gasteiger partial charge >= 0.3 is 0 Å². The first-order valence-electron chi connectivity index (χ1n) is 12.0. The van der Waals surface area contributed by atoms with Crippen LogP contribution in [0.5, 0.6) is 0 Å². The number of piperazine rings is 1. The molecule has 0 radical (unpaired) electrons. The van der Waals surface area contributed by atoms with Gasteiger partial charge in [0.25, 0.3) is 0 Å². The van der Waals surface area contributed by atoms with Crippen LogP contribution in [-0.2, 0) is 12.3 Å². The van der Waals surface area contributed by atoms with Crippen molar-refractivity contribution in [3.8, 4) is 11.5 Å². The van der Waals surface area contributed by atoms with Gasteiger partial charge < -0.3 is 14.6 Å². The highest BCUT2D eigenvalue weighted by Gasteiger charge is 2.15. The van der Waals surface area contributed by atoms with Crippen LogP contribution in [0, 0.1) is 13.8 Å². The number of aryl methyl sites for hydroxylation is 2. The number of likely N-dealkylation sites (N-methyl/N-ethyl adjacent to an activating group) is 1. The number of aromatic nitrogens is 1. The molecule has 1 fully saturated rings. The first-order valence-corrected chi connectivity index (χ1v) is 13.0. The van der Waals surface area contributed by atoms with Gasteiger partial charge in [0.15, 0.2) is 0 Å². The Morgan fingerprint density at radius 3 is 2.33 bits per heavy atom. The summed E-state index contributed by atoms with van der Waals surface area (Å²) in [5.41, 5.74) is 4.61. The Morgan fingerprint density at radius 2 is 1.64 bits per heavy atom. The van der Waals surface area contributed by atoms with Crippen molar-refractivity contribution >= 4 is 11.8 Å². The lowest BCUT2D eigenvalue weighted by Gasteiger charge is -2.34. The predicted octanol–water partition coefficient (Wildman–Crippen LogP) is 4.98.